The minimum Gasteiger partial charge on any atom is -0.322 e. The van der Waals surface area contributed by atoms with Gasteiger partial charge < -0.3 is 5.32 Å². The normalized spacial score (nSPS) is 11.1. The van der Waals surface area contributed by atoms with Crippen molar-refractivity contribution in [3.63, 3.8) is 0 Å². The molecular weight excluding hydrogens is 379 g/mol. The molecule has 5 nitrogen and oxygen atoms in total. The molecule has 0 aliphatic heterocycles. The summed E-state index contributed by atoms with van der Waals surface area (Å²) >= 11 is 0. The van der Waals surface area contributed by atoms with E-state index in [2.05, 4.69) is 10.0 Å². The summed E-state index contributed by atoms with van der Waals surface area (Å²) in [5.74, 6) is -0.903. The molecule has 0 saturated heterocycles. The first kappa shape index (κ1) is 19.6. The molecule has 3 aromatic carbocycles. The van der Waals surface area contributed by atoms with Crippen LogP contribution in [0.5, 0.6) is 0 Å². The number of hydrogen-bond donors (Lipinski definition) is 2. The second-order valence-corrected chi connectivity index (χ2v) is 7.83. The van der Waals surface area contributed by atoms with Crippen LogP contribution >= 0.6 is 0 Å². The minimum atomic E-state index is -3.85. The molecule has 2 N–H and O–H groups in total. The smallest absolute Gasteiger partial charge is 0.261 e. The van der Waals surface area contributed by atoms with Gasteiger partial charge in [-0.2, -0.15) is 0 Å². The molecule has 0 saturated carbocycles. The third-order valence-electron chi connectivity index (χ3n) is 4.12. The van der Waals surface area contributed by atoms with Crippen molar-refractivity contribution in [3.8, 4) is 0 Å². The number of nitrogens with one attached hydrogen (secondary N) is 2. The van der Waals surface area contributed by atoms with E-state index in [-0.39, 0.29) is 10.5 Å². The lowest BCUT2D eigenvalue weighted by Gasteiger charge is -2.10. The maximum atomic E-state index is 13.0. The third-order valence-corrected chi connectivity index (χ3v) is 5.50. The average Bonchev–Trinajstić information content (AvgIpc) is 2.70. The Hall–Kier alpha value is -3.19. The van der Waals surface area contributed by atoms with Gasteiger partial charge in [0.2, 0.25) is 0 Å². The fourth-order valence-electron chi connectivity index (χ4n) is 2.56. The number of sulfonamides is 1. The van der Waals surface area contributed by atoms with Crippen LogP contribution in [0.25, 0.3) is 0 Å². The van der Waals surface area contributed by atoms with Crippen LogP contribution in [0.4, 0.5) is 15.8 Å². The van der Waals surface area contributed by atoms with Crippen LogP contribution in [-0.4, -0.2) is 14.3 Å². The number of benzene rings is 3. The van der Waals surface area contributed by atoms with Gasteiger partial charge in [-0.3, -0.25) is 9.52 Å². The molecule has 0 fully saturated rings. The van der Waals surface area contributed by atoms with Gasteiger partial charge in [0.15, 0.2) is 0 Å². The molecule has 0 spiro atoms. The predicted molar refractivity (Wildman–Crippen MR) is 107 cm³/mol. The number of carbonyl (C=O) groups is 1. The van der Waals surface area contributed by atoms with E-state index in [4.69, 9.17) is 0 Å². The molecule has 0 aliphatic carbocycles. The van der Waals surface area contributed by atoms with Crippen LogP contribution in [-0.2, 0) is 16.4 Å². The maximum absolute atomic E-state index is 13.0. The lowest BCUT2D eigenvalue weighted by atomic mass is 10.2. The number of amides is 1. The molecule has 3 rings (SSSR count). The van der Waals surface area contributed by atoms with Crippen LogP contribution in [0.3, 0.4) is 0 Å². The first-order valence-corrected chi connectivity index (χ1v) is 10.1. The monoisotopic (exact) mass is 398 g/mol. The molecule has 0 heterocycles. The van der Waals surface area contributed by atoms with Gasteiger partial charge >= 0.3 is 0 Å². The Morgan fingerprint density at radius 2 is 1.57 bits per heavy atom. The van der Waals surface area contributed by atoms with Gasteiger partial charge in [0, 0.05) is 16.9 Å². The van der Waals surface area contributed by atoms with Crippen molar-refractivity contribution >= 4 is 27.3 Å². The molecule has 0 aromatic heterocycles. The number of halogens is 1. The van der Waals surface area contributed by atoms with Crippen LogP contribution in [0, 0.1) is 5.82 Å². The second-order valence-electron chi connectivity index (χ2n) is 6.14. The summed E-state index contributed by atoms with van der Waals surface area (Å²) in [6.45, 7) is 2.02. The zero-order valence-electron chi connectivity index (χ0n) is 15.1. The summed E-state index contributed by atoms with van der Waals surface area (Å²) < 4.78 is 40.8. The van der Waals surface area contributed by atoms with Gasteiger partial charge in [0.25, 0.3) is 15.9 Å². The van der Waals surface area contributed by atoms with Crippen molar-refractivity contribution in [2.45, 2.75) is 18.2 Å². The number of hydrogen-bond acceptors (Lipinski definition) is 3. The van der Waals surface area contributed by atoms with Gasteiger partial charge in [-0.1, -0.05) is 25.1 Å². The van der Waals surface area contributed by atoms with E-state index in [0.29, 0.717) is 11.4 Å². The fraction of sp³-hybridized carbons (Fsp3) is 0.0952. The number of rotatable bonds is 6. The zero-order valence-corrected chi connectivity index (χ0v) is 16.0. The summed E-state index contributed by atoms with van der Waals surface area (Å²) in [4.78, 5) is 12.4. The summed E-state index contributed by atoms with van der Waals surface area (Å²) in [6.07, 6.45) is 0.859. The third kappa shape index (κ3) is 4.75. The Morgan fingerprint density at radius 3 is 2.21 bits per heavy atom. The Balaban J connectivity index is 1.78. The fourth-order valence-corrected chi connectivity index (χ4v) is 3.67. The molecule has 3 aromatic rings. The van der Waals surface area contributed by atoms with Gasteiger partial charge in [-0.25, -0.2) is 12.8 Å². The van der Waals surface area contributed by atoms with Crippen molar-refractivity contribution in [3.05, 3.63) is 89.7 Å². The maximum Gasteiger partial charge on any atom is 0.261 e. The van der Waals surface area contributed by atoms with Gasteiger partial charge in [-0.15, -0.1) is 0 Å². The Labute approximate surface area is 163 Å². The Morgan fingerprint density at radius 1 is 0.929 bits per heavy atom. The molecule has 0 bridgehead atoms. The lowest BCUT2D eigenvalue weighted by molar-refractivity contribution is 0.102. The largest absolute Gasteiger partial charge is 0.322 e. The topological polar surface area (TPSA) is 75.3 Å². The highest BCUT2D eigenvalue weighted by molar-refractivity contribution is 7.92. The lowest BCUT2D eigenvalue weighted by Crippen LogP contribution is -2.16. The molecule has 0 radical (unpaired) electrons. The SMILES string of the molecule is CCc1ccc(NS(=O)(=O)c2cccc(C(=O)Nc3ccc(F)cc3)c2)cc1. The van der Waals surface area contributed by atoms with Crippen LogP contribution < -0.4 is 10.0 Å². The van der Waals surface area contributed by atoms with Gasteiger partial charge in [0.05, 0.1) is 4.90 Å². The van der Waals surface area contributed by atoms with E-state index < -0.39 is 21.7 Å². The summed E-state index contributed by atoms with van der Waals surface area (Å²) in [5.41, 5.74) is 2.13. The van der Waals surface area contributed by atoms with Crippen molar-refractivity contribution in [1.29, 1.82) is 0 Å². The molecule has 0 aliphatic rings. The van der Waals surface area contributed by atoms with E-state index in [1.165, 1.54) is 48.5 Å². The minimum absolute atomic E-state index is 0.0289. The Kier molecular flexibility index (Phi) is 5.75. The van der Waals surface area contributed by atoms with Gasteiger partial charge in [-0.05, 0) is 66.6 Å². The van der Waals surface area contributed by atoms with Crippen molar-refractivity contribution in [1.82, 2.24) is 0 Å². The molecule has 7 heteroatoms. The number of anilines is 2. The van der Waals surface area contributed by atoms with E-state index in [9.17, 15) is 17.6 Å². The highest BCUT2D eigenvalue weighted by Crippen LogP contribution is 2.19. The first-order valence-electron chi connectivity index (χ1n) is 8.66. The quantitative estimate of drug-likeness (QED) is 0.645. The van der Waals surface area contributed by atoms with Crippen LogP contribution in [0.2, 0.25) is 0 Å². The van der Waals surface area contributed by atoms with Crippen molar-refractivity contribution < 1.29 is 17.6 Å². The van der Waals surface area contributed by atoms with E-state index in [0.717, 1.165) is 12.0 Å². The summed E-state index contributed by atoms with van der Waals surface area (Å²) in [7, 11) is -3.85. The Bertz CT molecular complexity index is 1080. The van der Waals surface area contributed by atoms with Crippen molar-refractivity contribution in [2.75, 3.05) is 10.0 Å². The highest BCUT2D eigenvalue weighted by Gasteiger charge is 2.17. The standard InChI is InChI=1S/C21H19FN2O3S/c1-2-15-6-10-19(11-7-15)24-28(26,27)20-5-3-4-16(14-20)21(25)23-18-12-8-17(22)9-13-18/h3-14,24H,2H2,1H3,(H,23,25). The van der Waals surface area contributed by atoms with Gasteiger partial charge in [0.1, 0.15) is 5.82 Å². The molecule has 0 atom stereocenters. The highest BCUT2D eigenvalue weighted by atomic mass is 32.2. The predicted octanol–water partition coefficient (Wildman–Crippen LogP) is 4.44. The second kappa shape index (κ2) is 8.22. The zero-order chi connectivity index (χ0) is 20.1. The van der Waals surface area contributed by atoms with E-state index >= 15 is 0 Å². The summed E-state index contributed by atoms with van der Waals surface area (Å²) in [5, 5.41) is 2.61. The van der Waals surface area contributed by atoms with Crippen LogP contribution in [0.15, 0.2) is 77.7 Å². The van der Waals surface area contributed by atoms with Crippen LogP contribution in [0.1, 0.15) is 22.8 Å². The van der Waals surface area contributed by atoms with E-state index in [1.807, 2.05) is 19.1 Å². The summed E-state index contributed by atoms with van der Waals surface area (Å²) in [6, 6.07) is 18.1. The molecule has 144 valence electrons. The number of aryl methyl sites for hydroxylation is 1. The number of carbonyl (C=O) groups excluding carboxylic acids is 1. The van der Waals surface area contributed by atoms with E-state index in [1.54, 1.807) is 12.1 Å². The molecule has 1 amide bonds. The molecular formula is C21H19FN2O3S. The average molecular weight is 398 g/mol. The first-order chi connectivity index (χ1) is 13.4. The molecule has 0 unspecified atom stereocenters. The van der Waals surface area contributed by atoms with Crippen molar-refractivity contribution in [2.24, 2.45) is 0 Å². The molecule has 28 heavy (non-hydrogen) atoms.